The molecule has 0 radical (unpaired) electrons. The summed E-state index contributed by atoms with van der Waals surface area (Å²) in [6, 6.07) is 0.549. The number of aliphatic hydroxyl groups is 2. The van der Waals surface area contributed by atoms with Crippen molar-refractivity contribution in [1.82, 2.24) is 15.2 Å². The van der Waals surface area contributed by atoms with Gasteiger partial charge in [-0.1, -0.05) is 58.8 Å². The van der Waals surface area contributed by atoms with E-state index in [9.17, 15) is 34.5 Å². The van der Waals surface area contributed by atoms with Crippen molar-refractivity contribution in [2.24, 2.45) is 28.8 Å². The molecule has 3 fully saturated rings. The molecule has 7 heterocycles. The average molecular weight is 859 g/mol. The lowest BCUT2D eigenvalue weighted by Crippen LogP contribution is -2.60. The number of nitrogens with zero attached hydrogens (tertiary/aromatic N) is 3. The van der Waals surface area contributed by atoms with Gasteiger partial charge >= 0.3 is 5.79 Å². The molecule has 7 aliphatic heterocycles. The third-order valence-corrected chi connectivity index (χ3v) is 14.5. The number of benzene rings is 1. The van der Waals surface area contributed by atoms with E-state index >= 15 is 0 Å². The molecule has 2 saturated heterocycles. The number of ether oxygens (including phenoxy) is 4. The first kappa shape index (κ1) is 45.4. The van der Waals surface area contributed by atoms with Gasteiger partial charge in [-0.2, -0.15) is 5.10 Å². The number of ketones is 3. The minimum atomic E-state index is -2.05. The molecule has 7 bridgehead atoms. The molecule has 0 unspecified atom stereocenters. The van der Waals surface area contributed by atoms with E-state index in [0.29, 0.717) is 19.1 Å². The Morgan fingerprint density at radius 1 is 0.903 bits per heavy atom. The zero-order chi connectivity index (χ0) is 45.0. The van der Waals surface area contributed by atoms with Crippen LogP contribution in [0, 0.1) is 30.6 Å². The predicted molar refractivity (Wildman–Crippen MR) is 230 cm³/mol. The second-order valence-corrected chi connectivity index (χ2v) is 18.3. The predicted octanol–water partition coefficient (Wildman–Crippen LogP) is 4.77. The Hall–Kier alpha value is -4.67. The summed E-state index contributed by atoms with van der Waals surface area (Å²) in [6.45, 7) is 16.5. The third kappa shape index (κ3) is 7.95. The van der Waals surface area contributed by atoms with Crippen LogP contribution in [0.4, 0.5) is 0 Å². The fourth-order valence-corrected chi connectivity index (χ4v) is 9.97. The van der Waals surface area contributed by atoms with E-state index in [1.165, 1.54) is 65.2 Å². The number of allylic oxidation sites excluding steroid dienone is 4. The molecule has 4 N–H and O–H groups in total. The Bertz CT molecular complexity index is 2150. The molecule has 10 atom stereocenters. The Kier molecular flexibility index (Phi) is 12.8. The summed E-state index contributed by atoms with van der Waals surface area (Å²) in [5.41, 5.74) is -2.22. The van der Waals surface area contributed by atoms with Gasteiger partial charge in [0.15, 0.2) is 5.78 Å². The fourth-order valence-electron chi connectivity index (χ4n) is 9.97. The number of rotatable bonds is 4. The van der Waals surface area contributed by atoms with Gasteiger partial charge in [0.25, 0.3) is 11.7 Å². The molecular formula is C47H62N4O11. The summed E-state index contributed by atoms with van der Waals surface area (Å²) in [6.07, 6.45) is 10.8. The number of hydrogen-bond acceptors (Lipinski definition) is 14. The van der Waals surface area contributed by atoms with Crippen molar-refractivity contribution in [2.75, 3.05) is 33.3 Å². The van der Waals surface area contributed by atoms with Crippen molar-refractivity contribution in [3.63, 3.8) is 0 Å². The van der Waals surface area contributed by atoms with Gasteiger partial charge in [-0.3, -0.25) is 29.1 Å². The van der Waals surface area contributed by atoms with Crippen LogP contribution in [0.1, 0.15) is 111 Å². The van der Waals surface area contributed by atoms with Crippen molar-refractivity contribution in [3.05, 3.63) is 69.7 Å². The zero-order valence-electron chi connectivity index (χ0n) is 37.3. The first-order valence-electron chi connectivity index (χ1n) is 21.9. The molecule has 1 amide bonds. The quantitative estimate of drug-likeness (QED) is 0.303. The maximum Gasteiger partial charge on any atom is 0.312 e. The van der Waals surface area contributed by atoms with Crippen molar-refractivity contribution < 1.29 is 53.4 Å². The molecule has 1 saturated carbocycles. The van der Waals surface area contributed by atoms with Crippen LogP contribution in [0.3, 0.4) is 0 Å². The number of phenols is 1. The molecule has 1 aromatic rings. The number of phenolic OH excluding ortho intramolecular Hbond substituents is 1. The first-order valence-corrected chi connectivity index (χ1v) is 21.9. The van der Waals surface area contributed by atoms with Crippen molar-refractivity contribution in [1.29, 1.82) is 0 Å². The molecule has 15 nitrogen and oxygen atoms in total. The van der Waals surface area contributed by atoms with Gasteiger partial charge in [-0.15, -0.1) is 0 Å². The molecule has 15 heteroatoms. The second kappa shape index (κ2) is 17.5. The molecule has 62 heavy (non-hydrogen) atoms. The molecule has 0 spiro atoms. The number of hydrazone groups is 1. The van der Waals surface area contributed by atoms with Crippen LogP contribution in [0.2, 0.25) is 0 Å². The van der Waals surface area contributed by atoms with Crippen LogP contribution in [0.15, 0.2) is 52.5 Å². The minimum Gasteiger partial charge on any atom is -0.507 e. The van der Waals surface area contributed by atoms with E-state index in [1.807, 2.05) is 31.9 Å². The Balaban J connectivity index is 1.28. The number of methoxy groups -OCH3 is 1. The SMILES string of the molecule is CO[C@H]1/C=C/O[C@@]2(C)Oc3c(C)c(O)c4c(c3C2=O)C(=O)C(/C=N/N2CCN(C3CCCC3)CC2)=C(NC(=O)/C(C)=C\C=C\[C@]2(C)O[C@H]([C@@H](C)[C@@H](O)[C@@H](C)[C@H](O)[C@@H]1C)[C@H]2C)C4=O. The Morgan fingerprint density at radius 2 is 1.56 bits per heavy atom. The van der Waals surface area contributed by atoms with Crippen molar-refractivity contribution in [2.45, 2.75) is 123 Å². The number of piperazine rings is 1. The number of aliphatic hydroxyl groups excluding tert-OH is 2. The fraction of sp³-hybridized carbons (Fsp3) is 0.596. The third-order valence-electron chi connectivity index (χ3n) is 14.5. The van der Waals surface area contributed by atoms with E-state index in [-0.39, 0.29) is 57.2 Å². The topological polar surface area (TPSA) is 197 Å². The lowest BCUT2D eigenvalue weighted by Gasteiger charge is -2.54. The van der Waals surface area contributed by atoms with E-state index < -0.39 is 76.1 Å². The highest BCUT2D eigenvalue weighted by molar-refractivity contribution is 6.37. The van der Waals surface area contributed by atoms with E-state index in [1.54, 1.807) is 32.9 Å². The molecule has 336 valence electrons. The van der Waals surface area contributed by atoms with Gasteiger partial charge in [0, 0.05) is 81.1 Å². The van der Waals surface area contributed by atoms with Gasteiger partial charge in [0.1, 0.15) is 17.2 Å². The van der Waals surface area contributed by atoms with Gasteiger partial charge in [0.05, 0.1) is 64.8 Å². The summed E-state index contributed by atoms with van der Waals surface area (Å²) in [5, 5.41) is 43.7. The maximum atomic E-state index is 14.8. The maximum absolute atomic E-state index is 14.8. The lowest BCUT2D eigenvalue weighted by atomic mass is 9.70. The highest BCUT2D eigenvalue weighted by Crippen LogP contribution is 2.49. The highest BCUT2D eigenvalue weighted by Gasteiger charge is 2.54. The molecule has 1 aromatic carbocycles. The molecule has 9 aliphatic rings. The first-order chi connectivity index (χ1) is 29.3. The van der Waals surface area contributed by atoms with Gasteiger partial charge in [-0.05, 0) is 39.7 Å². The molecule has 0 aromatic heterocycles. The number of nitrogens with one attached hydrogen (secondary N) is 1. The van der Waals surface area contributed by atoms with Gasteiger partial charge < -0.3 is 39.6 Å². The van der Waals surface area contributed by atoms with E-state index in [0.717, 1.165) is 13.1 Å². The van der Waals surface area contributed by atoms with Crippen LogP contribution < -0.4 is 10.1 Å². The lowest BCUT2D eigenvalue weighted by molar-refractivity contribution is -0.251. The number of carbonyl (C=O) groups excluding carboxylic acids is 4. The number of amides is 1. The molecular weight excluding hydrogens is 797 g/mol. The summed E-state index contributed by atoms with van der Waals surface area (Å²) in [4.78, 5) is 60.2. The van der Waals surface area contributed by atoms with Crippen LogP contribution in [-0.4, -0.2) is 130 Å². The average Bonchev–Trinajstić information content (AvgIpc) is 3.89. The summed E-state index contributed by atoms with van der Waals surface area (Å²) >= 11 is 0. The van der Waals surface area contributed by atoms with Crippen LogP contribution >= 0.6 is 0 Å². The van der Waals surface area contributed by atoms with Crippen LogP contribution in [-0.2, 0) is 19.0 Å². The summed E-state index contributed by atoms with van der Waals surface area (Å²) in [7, 11) is 1.46. The summed E-state index contributed by atoms with van der Waals surface area (Å²) < 4.78 is 24.2. The minimum absolute atomic E-state index is 0.0200. The number of carbonyl (C=O) groups is 4. The molecule has 10 rings (SSSR count). The highest BCUT2D eigenvalue weighted by atomic mass is 16.7. The summed E-state index contributed by atoms with van der Waals surface area (Å²) in [5.74, 6) is -7.45. The second-order valence-electron chi connectivity index (χ2n) is 18.3. The van der Waals surface area contributed by atoms with Crippen LogP contribution in [0.5, 0.6) is 11.5 Å². The monoisotopic (exact) mass is 858 g/mol. The normalized spacial score (nSPS) is 37.1. The van der Waals surface area contributed by atoms with E-state index in [4.69, 9.17) is 18.9 Å². The largest absolute Gasteiger partial charge is 0.507 e. The van der Waals surface area contributed by atoms with Gasteiger partial charge in [0.2, 0.25) is 5.78 Å². The van der Waals surface area contributed by atoms with Crippen LogP contribution in [0.25, 0.3) is 0 Å². The van der Waals surface area contributed by atoms with E-state index in [2.05, 4.69) is 15.3 Å². The van der Waals surface area contributed by atoms with Crippen molar-refractivity contribution >= 4 is 29.5 Å². The Morgan fingerprint density at radius 3 is 2.21 bits per heavy atom. The number of aromatic hydroxyl groups is 1. The zero-order valence-corrected chi connectivity index (χ0v) is 37.3. The smallest absolute Gasteiger partial charge is 0.312 e. The number of hydrogen-bond donors (Lipinski definition) is 4. The number of Topliss-reactive ketones (excluding diaryl/α,β-unsaturated/α-hetero) is 3. The van der Waals surface area contributed by atoms with Gasteiger partial charge in [-0.25, -0.2) is 0 Å². The standard InChI is InChI=1S/C47H62N4O11/c1-24-13-12-17-46(7)29(6)42(61-46)27(4)38(53)26(3)37(52)25(2)32(59-9)16-22-60-47(8)44(57)35-33-34(39(54)28(5)43(35)62-47)41(56)36(49-45(24)58)31(40(33)55)23-48-51-20-18-50(19-21-51)30-14-10-11-15-30/h12-13,16-17,22-23,25-27,29-30,32,37-38,42,52-54H,10-11,14-15,18-21H2,1-9H3,(H,49,58)/b17-12+,22-16+,24-13-,48-23+/t25-,26+,27+,29-,32+,37-,38+,42-,46+,47+/m1/s1. The van der Waals surface area contributed by atoms with Crippen molar-refractivity contribution in [3.8, 4) is 11.5 Å². The molecule has 2 aliphatic carbocycles. The Labute approximate surface area is 363 Å².